The van der Waals surface area contributed by atoms with E-state index in [4.69, 9.17) is 9.31 Å². The summed E-state index contributed by atoms with van der Waals surface area (Å²) >= 11 is 0. The maximum atomic E-state index is 10.2. The quantitative estimate of drug-likeness (QED) is 0.588. The molecule has 0 unspecified atom stereocenters. The molecule has 0 radical (unpaired) electrons. The van der Waals surface area contributed by atoms with Crippen molar-refractivity contribution in [3.63, 3.8) is 0 Å². The Morgan fingerprint density at radius 2 is 1.68 bits per heavy atom. The van der Waals surface area contributed by atoms with Crippen LogP contribution in [0.4, 0.5) is 5.69 Å². The van der Waals surface area contributed by atoms with Crippen LogP contribution in [0.5, 0.6) is 0 Å². The van der Waals surface area contributed by atoms with E-state index in [1.807, 2.05) is 31.2 Å². The fourth-order valence-corrected chi connectivity index (χ4v) is 3.43. The van der Waals surface area contributed by atoms with Gasteiger partial charge in [0, 0.05) is 24.8 Å². The van der Waals surface area contributed by atoms with Gasteiger partial charge in [-0.15, -0.1) is 0 Å². The van der Waals surface area contributed by atoms with Crippen molar-refractivity contribution in [2.24, 2.45) is 0 Å². The molecular weight excluding hydrogens is 349 g/mol. The molecule has 28 heavy (non-hydrogen) atoms. The van der Waals surface area contributed by atoms with Gasteiger partial charge in [-0.2, -0.15) is 0 Å². The first kappa shape index (κ1) is 20.6. The van der Waals surface area contributed by atoms with Gasteiger partial charge >= 0.3 is 7.12 Å². The predicted octanol–water partition coefficient (Wildman–Crippen LogP) is 3.79. The van der Waals surface area contributed by atoms with Crippen LogP contribution in [0.2, 0.25) is 0 Å². The number of rotatable bonds is 2. The zero-order valence-corrected chi connectivity index (χ0v) is 17.8. The van der Waals surface area contributed by atoms with Crippen LogP contribution in [-0.4, -0.2) is 38.2 Å². The Bertz CT molecular complexity index is 847. The highest BCUT2D eigenvalue weighted by molar-refractivity contribution is 6.62. The Balaban J connectivity index is 0.000000211. The second-order valence-corrected chi connectivity index (χ2v) is 8.62. The zero-order chi connectivity index (χ0) is 20.5. The van der Waals surface area contributed by atoms with Gasteiger partial charge in [0.1, 0.15) is 6.29 Å². The molecule has 0 aromatic heterocycles. The lowest BCUT2D eigenvalue weighted by Gasteiger charge is -2.32. The van der Waals surface area contributed by atoms with Crippen molar-refractivity contribution in [1.82, 2.24) is 0 Å². The van der Waals surface area contributed by atoms with Crippen molar-refractivity contribution < 1.29 is 14.1 Å². The lowest BCUT2D eigenvalue weighted by Crippen LogP contribution is -2.41. The Kier molecular flexibility index (Phi) is 5.69. The van der Waals surface area contributed by atoms with Crippen LogP contribution in [0, 0.1) is 6.92 Å². The van der Waals surface area contributed by atoms with E-state index in [1.165, 1.54) is 11.3 Å². The summed E-state index contributed by atoms with van der Waals surface area (Å²) in [6.45, 7) is 11.4. The molecule has 2 aromatic carbocycles. The molecule has 1 saturated heterocycles. The number of likely N-dealkylation sites (N-methyl/N-ethyl adjacent to an activating group) is 1. The van der Waals surface area contributed by atoms with Gasteiger partial charge in [0.05, 0.1) is 11.2 Å². The van der Waals surface area contributed by atoms with Crippen molar-refractivity contribution in [3.8, 4) is 0 Å². The summed E-state index contributed by atoms with van der Waals surface area (Å²) in [5.41, 5.74) is 5.13. The Hall–Kier alpha value is -2.11. The number of carbonyl (C=O) groups is 1. The number of benzene rings is 2. The van der Waals surface area contributed by atoms with E-state index >= 15 is 0 Å². The third-order valence-corrected chi connectivity index (χ3v) is 6.07. The molecule has 2 aromatic rings. The number of nitrogens with zero attached hydrogens (tertiary/aromatic N) is 1. The lowest BCUT2D eigenvalue weighted by atomic mass is 9.78. The number of aldehydes is 1. The minimum atomic E-state index is -0.270. The van der Waals surface area contributed by atoms with E-state index in [0.717, 1.165) is 35.8 Å². The highest BCUT2D eigenvalue weighted by atomic mass is 16.7. The SMILES string of the molecule is CN1CCc2cc(B3OC(C)(C)C(C)(C)O3)ccc21.Cc1ccccc1C=O. The molecular formula is C23H30BNO3. The molecule has 1 fully saturated rings. The summed E-state index contributed by atoms with van der Waals surface area (Å²) in [7, 11) is 1.89. The van der Waals surface area contributed by atoms with Crippen molar-refractivity contribution in [2.45, 2.75) is 52.2 Å². The first-order valence-corrected chi connectivity index (χ1v) is 9.85. The molecule has 5 heteroatoms. The molecule has 2 aliphatic rings. The van der Waals surface area contributed by atoms with Crippen molar-refractivity contribution in [3.05, 3.63) is 59.2 Å². The van der Waals surface area contributed by atoms with Crippen LogP contribution in [-0.2, 0) is 15.7 Å². The number of aryl methyl sites for hydroxylation is 1. The molecule has 0 aliphatic carbocycles. The van der Waals surface area contributed by atoms with E-state index in [0.29, 0.717) is 0 Å². The monoisotopic (exact) mass is 379 g/mol. The molecule has 148 valence electrons. The van der Waals surface area contributed by atoms with Crippen LogP contribution < -0.4 is 10.4 Å². The van der Waals surface area contributed by atoms with Crippen LogP contribution in [0.3, 0.4) is 0 Å². The molecule has 2 heterocycles. The summed E-state index contributed by atoms with van der Waals surface area (Å²) in [6.07, 6.45) is 1.98. The second-order valence-electron chi connectivity index (χ2n) is 8.62. The summed E-state index contributed by atoms with van der Waals surface area (Å²) in [5, 5.41) is 0. The number of carbonyl (C=O) groups excluding carboxylic acids is 1. The van der Waals surface area contributed by atoms with Crippen molar-refractivity contribution in [1.29, 1.82) is 0 Å². The standard InChI is InChI=1S/C15H22BNO2.C8H8O/c1-14(2)15(3,4)19-16(18-14)12-6-7-13-11(10-12)8-9-17(13)5;1-7-4-2-3-5-8(7)6-9/h6-7,10H,8-9H2,1-5H3;2-6H,1H3. The second kappa shape index (κ2) is 7.73. The normalized spacial score (nSPS) is 19.1. The van der Waals surface area contributed by atoms with Gasteiger partial charge in [-0.05, 0) is 63.7 Å². The van der Waals surface area contributed by atoms with E-state index in [2.05, 4.69) is 57.8 Å². The fraction of sp³-hybridized carbons (Fsp3) is 0.435. The summed E-state index contributed by atoms with van der Waals surface area (Å²) in [4.78, 5) is 12.5. The van der Waals surface area contributed by atoms with Gasteiger partial charge in [-0.25, -0.2) is 0 Å². The minimum Gasteiger partial charge on any atom is -0.399 e. The Labute approximate surface area is 169 Å². The molecule has 0 saturated carbocycles. The molecule has 0 atom stereocenters. The molecule has 0 N–H and O–H groups in total. The third kappa shape index (κ3) is 4.01. The van der Waals surface area contributed by atoms with E-state index in [-0.39, 0.29) is 18.3 Å². The van der Waals surface area contributed by atoms with Gasteiger partial charge < -0.3 is 14.2 Å². The topological polar surface area (TPSA) is 38.8 Å². The predicted molar refractivity (Wildman–Crippen MR) is 116 cm³/mol. The Morgan fingerprint density at radius 1 is 1.04 bits per heavy atom. The van der Waals surface area contributed by atoms with Crippen LogP contribution in [0.15, 0.2) is 42.5 Å². The van der Waals surface area contributed by atoms with Crippen LogP contribution in [0.1, 0.15) is 49.2 Å². The van der Waals surface area contributed by atoms with Crippen molar-refractivity contribution >= 4 is 24.6 Å². The van der Waals surface area contributed by atoms with Crippen LogP contribution >= 0.6 is 0 Å². The number of hydrogen-bond donors (Lipinski definition) is 0. The third-order valence-electron chi connectivity index (χ3n) is 6.07. The Morgan fingerprint density at radius 3 is 2.25 bits per heavy atom. The number of hydrogen-bond acceptors (Lipinski definition) is 4. The maximum Gasteiger partial charge on any atom is 0.494 e. The van der Waals surface area contributed by atoms with E-state index < -0.39 is 0 Å². The highest BCUT2D eigenvalue weighted by Crippen LogP contribution is 2.37. The summed E-state index contributed by atoms with van der Waals surface area (Å²) < 4.78 is 12.2. The van der Waals surface area contributed by atoms with Gasteiger partial charge in [0.15, 0.2) is 0 Å². The first-order valence-electron chi connectivity index (χ1n) is 9.85. The lowest BCUT2D eigenvalue weighted by molar-refractivity contribution is 0.00578. The molecule has 4 nitrogen and oxygen atoms in total. The summed E-state index contributed by atoms with van der Waals surface area (Å²) in [6, 6.07) is 14.1. The van der Waals surface area contributed by atoms with Gasteiger partial charge in [0.2, 0.25) is 0 Å². The van der Waals surface area contributed by atoms with Crippen molar-refractivity contribution in [2.75, 3.05) is 18.5 Å². The largest absolute Gasteiger partial charge is 0.494 e. The average Bonchev–Trinajstić information content (AvgIpc) is 3.12. The van der Waals surface area contributed by atoms with Crippen LogP contribution in [0.25, 0.3) is 0 Å². The molecule has 0 bridgehead atoms. The molecule has 2 aliphatic heterocycles. The minimum absolute atomic E-state index is 0.249. The fourth-order valence-electron chi connectivity index (χ4n) is 3.43. The van der Waals surface area contributed by atoms with E-state index in [9.17, 15) is 4.79 Å². The smallest absolute Gasteiger partial charge is 0.399 e. The van der Waals surface area contributed by atoms with Gasteiger partial charge in [0.25, 0.3) is 0 Å². The number of anilines is 1. The maximum absolute atomic E-state index is 10.2. The number of fused-ring (bicyclic) bond motifs is 1. The molecule has 4 rings (SSSR count). The first-order chi connectivity index (χ1) is 13.1. The van der Waals surface area contributed by atoms with Gasteiger partial charge in [-0.3, -0.25) is 4.79 Å². The molecule has 0 spiro atoms. The summed E-state index contributed by atoms with van der Waals surface area (Å²) in [5.74, 6) is 0. The van der Waals surface area contributed by atoms with E-state index in [1.54, 1.807) is 0 Å². The molecule has 0 amide bonds. The van der Waals surface area contributed by atoms with Gasteiger partial charge in [-0.1, -0.05) is 36.4 Å². The highest BCUT2D eigenvalue weighted by Gasteiger charge is 2.51. The zero-order valence-electron chi connectivity index (χ0n) is 17.8. The average molecular weight is 379 g/mol.